The third kappa shape index (κ3) is 4.39. The Labute approximate surface area is 132 Å². The van der Waals surface area contributed by atoms with Crippen LogP contribution in [0.3, 0.4) is 0 Å². The van der Waals surface area contributed by atoms with E-state index in [2.05, 4.69) is 10.6 Å². The molecule has 0 amide bonds. The van der Waals surface area contributed by atoms with Crippen molar-refractivity contribution in [3.05, 3.63) is 18.2 Å². The molecule has 0 radical (unpaired) electrons. The van der Waals surface area contributed by atoms with Crippen molar-refractivity contribution in [2.45, 2.75) is 4.90 Å². The summed E-state index contributed by atoms with van der Waals surface area (Å²) in [6, 6.07) is 4.29. The molecular weight excluding hydrogens is 243 g/mol. The van der Waals surface area contributed by atoms with E-state index >= 15 is 0 Å². The molecule has 0 atom stereocenters. The van der Waals surface area contributed by atoms with Gasteiger partial charge in [0.05, 0.1) is 4.90 Å². The van der Waals surface area contributed by atoms with Crippen LogP contribution in [0.1, 0.15) is 0 Å². The summed E-state index contributed by atoms with van der Waals surface area (Å²) in [7, 11) is -1.10. The van der Waals surface area contributed by atoms with Crippen LogP contribution in [0.15, 0.2) is 23.1 Å². The molecule has 0 fully saturated rings. The molecule has 0 aromatic heterocycles. The second-order valence-electron chi connectivity index (χ2n) is 2.70. The third-order valence-corrected chi connectivity index (χ3v) is 2.59. The predicted octanol–water partition coefficient (Wildman–Crippen LogP) is -2.32. The fraction of sp³-hybridized carbons (Fsp3) is 0.250. The van der Waals surface area contributed by atoms with Gasteiger partial charge in [0.1, 0.15) is 10.1 Å². The van der Waals surface area contributed by atoms with Crippen molar-refractivity contribution < 1.29 is 64.4 Å². The molecule has 0 aliphatic rings. The van der Waals surface area contributed by atoms with E-state index in [1.165, 1.54) is 12.1 Å². The maximum atomic E-state index is 10.8. The summed E-state index contributed by atoms with van der Waals surface area (Å²) >= 11 is 0. The van der Waals surface area contributed by atoms with Gasteiger partial charge < -0.3 is 15.2 Å². The van der Waals surface area contributed by atoms with Gasteiger partial charge >= 0.3 is 51.4 Å². The van der Waals surface area contributed by atoms with E-state index in [4.69, 9.17) is 0 Å². The van der Waals surface area contributed by atoms with Crippen molar-refractivity contribution in [3.8, 4) is 0 Å². The Morgan fingerprint density at radius 1 is 1.07 bits per heavy atom. The van der Waals surface area contributed by atoms with Crippen LogP contribution in [-0.2, 0) is 10.1 Å². The fourth-order valence-corrected chi connectivity index (χ4v) is 1.57. The Morgan fingerprint density at radius 3 is 1.73 bits per heavy atom. The molecule has 1 rings (SSSR count). The van der Waals surface area contributed by atoms with Crippen LogP contribution >= 0.6 is 0 Å². The van der Waals surface area contributed by atoms with Crippen molar-refractivity contribution in [2.24, 2.45) is 0 Å². The Bertz CT molecular complexity index is 411. The van der Waals surface area contributed by atoms with E-state index in [0.717, 1.165) is 0 Å². The van der Waals surface area contributed by atoms with Crippen molar-refractivity contribution in [3.63, 3.8) is 0 Å². The smallest absolute Gasteiger partial charge is 0.744 e. The number of nitrogens with one attached hydrogen (secondary N) is 2. The van der Waals surface area contributed by atoms with Crippen LogP contribution < -0.4 is 62.0 Å². The van der Waals surface area contributed by atoms with E-state index in [1.807, 2.05) is 0 Å². The van der Waals surface area contributed by atoms with Gasteiger partial charge in [-0.05, 0) is 18.2 Å². The molecule has 0 bridgehead atoms. The summed E-state index contributed by atoms with van der Waals surface area (Å²) in [5.74, 6) is 0. The van der Waals surface area contributed by atoms with Crippen LogP contribution in [0.4, 0.5) is 11.4 Å². The van der Waals surface area contributed by atoms with Crippen molar-refractivity contribution in [1.29, 1.82) is 0 Å². The minimum atomic E-state index is -4.40. The molecule has 0 saturated carbocycles. The Hall–Kier alpha value is 0.366. The topological polar surface area (TPSA) is 81.3 Å². The van der Waals surface area contributed by atoms with E-state index in [0.29, 0.717) is 11.4 Å². The molecule has 5 nitrogen and oxygen atoms in total. The first-order valence-electron chi connectivity index (χ1n) is 3.94. The summed E-state index contributed by atoms with van der Waals surface area (Å²) in [6.45, 7) is 0. The van der Waals surface area contributed by atoms with Crippen LogP contribution in [0.2, 0.25) is 0 Å². The number of hydrogen-bond acceptors (Lipinski definition) is 5. The maximum Gasteiger partial charge on any atom is 1.00 e. The Morgan fingerprint density at radius 2 is 1.47 bits per heavy atom. The molecule has 0 unspecified atom stereocenters. The van der Waals surface area contributed by atoms with Gasteiger partial charge in [0.15, 0.2) is 0 Å². The van der Waals surface area contributed by atoms with Gasteiger partial charge in [-0.25, -0.2) is 8.42 Å². The Balaban J connectivity index is 0.00000196. The van der Waals surface area contributed by atoms with Crippen LogP contribution in [0.5, 0.6) is 0 Å². The van der Waals surface area contributed by atoms with Gasteiger partial charge in [0.25, 0.3) is 0 Å². The molecule has 0 spiro atoms. The van der Waals surface area contributed by atoms with Crippen LogP contribution in [0, 0.1) is 0 Å². The zero-order valence-electron chi connectivity index (χ0n) is 8.87. The standard InChI is InChI=1S/C8H12N2O3S.K/c1-9-6-3-7(10-2)5-8(4-6)14(11,12)13;/h3-5,9-10H,1-2H3,(H,11,12,13);/q;+1/p-1. The maximum absolute atomic E-state index is 10.8. The van der Waals surface area contributed by atoms with Gasteiger partial charge in [0.2, 0.25) is 0 Å². The third-order valence-electron chi connectivity index (χ3n) is 1.77. The zero-order chi connectivity index (χ0) is 10.8. The summed E-state index contributed by atoms with van der Waals surface area (Å²) in [5.41, 5.74) is 1.15. The quantitative estimate of drug-likeness (QED) is 0.467. The number of anilines is 2. The summed E-state index contributed by atoms with van der Waals surface area (Å²) in [6.07, 6.45) is 0. The summed E-state index contributed by atoms with van der Waals surface area (Å²) < 4.78 is 32.3. The van der Waals surface area contributed by atoms with Gasteiger partial charge in [-0.15, -0.1) is 0 Å². The van der Waals surface area contributed by atoms with Crippen LogP contribution in [0.25, 0.3) is 0 Å². The molecule has 1 aromatic carbocycles. The minimum Gasteiger partial charge on any atom is -0.744 e. The number of hydrogen-bond donors (Lipinski definition) is 2. The molecule has 2 N–H and O–H groups in total. The normalized spacial score (nSPS) is 10.3. The van der Waals surface area contributed by atoms with Gasteiger partial charge in [-0.3, -0.25) is 0 Å². The van der Waals surface area contributed by atoms with Crippen molar-refractivity contribution in [2.75, 3.05) is 24.7 Å². The van der Waals surface area contributed by atoms with Gasteiger partial charge in [-0.1, -0.05) is 0 Å². The minimum absolute atomic E-state index is 0. The van der Waals surface area contributed by atoms with Gasteiger partial charge in [-0.2, -0.15) is 0 Å². The van der Waals surface area contributed by atoms with E-state index in [9.17, 15) is 13.0 Å². The molecule has 7 heteroatoms. The molecular formula is C8H11KN2O3S. The second kappa shape index (κ2) is 6.19. The van der Waals surface area contributed by atoms with Crippen LogP contribution in [-0.4, -0.2) is 27.1 Å². The molecule has 0 aliphatic carbocycles. The molecule has 1 aromatic rings. The van der Waals surface area contributed by atoms with E-state index < -0.39 is 10.1 Å². The number of rotatable bonds is 3. The van der Waals surface area contributed by atoms with Crippen molar-refractivity contribution in [1.82, 2.24) is 0 Å². The molecule has 15 heavy (non-hydrogen) atoms. The molecule has 0 heterocycles. The average molecular weight is 254 g/mol. The monoisotopic (exact) mass is 254 g/mol. The predicted molar refractivity (Wildman–Crippen MR) is 53.5 cm³/mol. The molecule has 0 aliphatic heterocycles. The molecule has 78 valence electrons. The first-order chi connectivity index (χ1) is 6.47. The second-order valence-corrected chi connectivity index (χ2v) is 4.08. The Kier molecular flexibility index (Phi) is 6.34. The first-order valence-corrected chi connectivity index (χ1v) is 5.34. The van der Waals surface area contributed by atoms with E-state index in [1.54, 1.807) is 20.2 Å². The summed E-state index contributed by atoms with van der Waals surface area (Å²) in [5, 5.41) is 5.54. The first kappa shape index (κ1) is 15.4. The van der Waals surface area contributed by atoms with Gasteiger partial charge in [0, 0.05) is 25.5 Å². The summed E-state index contributed by atoms with van der Waals surface area (Å²) in [4.78, 5) is -0.242. The average Bonchev–Trinajstić information content (AvgIpc) is 2.15. The van der Waals surface area contributed by atoms with E-state index in [-0.39, 0.29) is 56.3 Å². The van der Waals surface area contributed by atoms with Crippen molar-refractivity contribution >= 4 is 21.5 Å². The zero-order valence-corrected chi connectivity index (χ0v) is 12.8. The largest absolute Gasteiger partial charge is 1.00 e. The molecule has 0 saturated heterocycles. The SMILES string of the molecule is CNc1cc(NC)cc(S(=O)(=O)[O-])c1.[K+]. The number of benzene rings is 1. The fourth-order valence-electron chi connectivity index (χ4n) is 1.03.